The zero-order valence-electron chi connectivity index (χ0n) is 11.4. The van der Waals surface area contributed by atoms with Gasteiger partial charge in [-0.05, 0) is 25.3 Å². The van der Waals surface area contributed by atoms with E-state index >= 15 is 0 Å². The maximum atomic E-state index is 12.2. The zero-order valence-corrected chi connectivity index (χ0v) is 11.4. The van der Waals surface area contributed by atoms with Crippen molar-refractivity contribution in [2.24, 2.45) is 5.92 Å². The quantitative estimate of drug-likeness (QED) is 0.795. The lowest BCUT2D eigenvalue weighted by Crippen LogP contribution is -2.51. The van der Waals surface area contributed by atoms with Crippen LogP contribution in [0.3, 0.4) is 0 Å². The van der Waals surface area contributed by atoms with Gasteiger partial charge in [0.15, 0.2) is 0 Å². The fourth-order valence-corrected chi connectivity index (χ4v) is 2.57. The standard InChI is InChI=1S/C13H25F3N2/c1-3-5-6-18-8-11(4-2)7-12(9-18)17-10-13(14,15)16/h11-12,17H,3-10H2,1-2H3. The molecule has 0 aromatic rings. The van der Waals surface area contributed by atoms with Gasteiger partial charge in [-0.1, -0.05) is 26.7 Å². The molecule has 1 N–H and O–H groups in total. The van der Waals surface area contributed by atoms with Crippen molar-refractivity contribution in [3.05, 3.63) is 0 Å². The van der Waals surface area contributed by atoms with E-state index in [-0.39, 0.29) is 6.04 Å². The van der Waals surface area contributed by atoms with Gasteiger partial charge in [-0.2, -0.15) is 13.2 Å². The maximum absolute atomic E-state index is 12.2. The molecule has 0 amide bonds. The first-order chi connectivity index (χ1) is 8.44. The van der Waals surface area contributed by atoms with Gasteiger partial charge in [0.1, 0.15) is 0 Å². The minimum absolute atomic E-state index is 0.0119. The molecule has 2 atom stereocenters. The number of rotatable bonds is 6. The Balaban J connectivity index is 2.41. The second kappa shape index (κ2) is 7.34. The Kier molecular flexibility index (Phi) is 6.43. The monoisotopic (exact) mass is 266 g/mol. The van der Waals surface area contributed by atoms with Gasteiger partial charge in [0.25, 0.3) is 0 Å². The number of likely N-dealkylation sites (tertiary alicyclic amines) is 1. The van der Waals surface area contributed by atoms with Gasteiger partial charge < -0.3 is 10.2 Å². The summed E-state index contributed by atoms with van der Waals surface area (Å²) in [4.78, 5) is 2.31. The van der Waals surface area contributed by atoms with Crippen LogP contribution in [0.15, 0.2) is 0 Å². The lowest BCUT2D eigenvalue weighted by Gasteiger charge is -2.38. The van der Waals surface area contributed by atoms with Crippen LogP contribution in [-0.2, 0) is 0 Å². The highest BCUT2D eigenvalue weighted by Gasteiger charge is 2.31. The smallest absolute Gasteiger partial charge is 0.305 e. The van der Waals surface area contributed by atoms with Crippen molar-refractivity contribution < 1.29 is 13.2 Å². The summed E-state index contributed by atoms with van der Waals surface area (Å²) in [5.41, 5.74) is 0. The average molecular weight is 266 g/mol. The van der Waals surface area contributed by atoms with Crippen LogP contribution in [0.4, 0.5) is 13.2 Å². The minimum atomic E-state index is -4.10. The fraction of sp³-hybridized carbons (Fsp3) is 1.00. The van der Waals surface area contributed by atoms with Crippen molar-refractivity contribution in [1.82, 2.24) is 10.2 Å². The Morgan fingerprint density at radius 1 is 1.22 bits per heavy atom. The first-order valence-electron chi connectivity index (χ1n) is 6.97. The van der Waals surface area contributed by atoms with Gasteiger partial charge in [-0.3, -0.25) is 0 Å². The van der Waals surface area contributed by atoms with Crippen molar-refractivity contribution >= 4 is 0 Å². The number of hydrogen-bond acceptors (Lipinski definition) is 2. The van der Waals surface area contributed by atoms with Gasteiger partial charge in [-0.15, -0.1) is 0 Å². The number of alkyl halides is 3. The summed E-state index contributed by atoms with van der Waals surface area (Å²) in [6.07, 6.45) is 0.0752. The summed E-state index contributed by atoms with van der Waals surface area (Å²) < 4.78 is 36.6. The third-order valence-electron chi connectivity index (χ3n) is 3.61. The molecule has 18 heavy (non-hydrogen) atoms. The van der Waals surface area contributed by atoms with Gasteiger partial charge >= 0.3 is 6.18 Å². The number of halogens is 3. The van der Waals surface area contributed by atoms with Crippen molar-refractivity contribution in [3.8, 4) is 0 Å². The van der Waals surface area contributed by atoms with Crippen LogP contribution in [-0.4, -0.2) is 43.3 Å². The highest BCUT2D eigenvalue weighted by Crippen LogP contribution is 2.21. The van der Waals surface area contributed by atoms with E-state index in [2.05, 4.69) is 24.1 Å². The summed E-state index contributed by atoms with van der Waals surface area (Å²) in [6, 6.07) is -0.0119. The van der Waals surface area contributed by atoms with Crippen molar-refractivity contribution in [3.63, 3.8) is 0 Å². The van der Waals surface area contributed by atoms with Gasteiger partial charge in [0.05, 0.1) is 6.54 Å². The first kappa shape index (κ1) is 15.8. The van der Waals surface area contributed by atoms with Crippen LogP contribution >= 0.6 is 0 Å². The number of nitrogens with one attached hydrogen (secondary N) is 1. The van der Waals surface area contributed by atoms with Crippen LogP contribution in [0.1, 0.15) is 39.5 Å². The van der Waals surface area contributed by atoms with Gasteiger partial charge in [0.2, 0.25) is 0 Å². The maximum Gasteiger partial charge on any atom is 0.401 e. The van der Waals surface area contributed by atoms with Crippen molar-refractivity contribution in [2.45, 2.75) is 51.7 Å². The van der Waals surface area contributed by atoms with E-state index in [1.807, 2.05) is 0 Å². The van der Waals surface area contributed by atoms with Crippen LogP contribution in [0.5, 0.6) is 0 Å². The SMILES string of the molecule is CCCCN1CC(CC)CC(NCC(F)(F)F)C1. The number of unbranched alkanes of at least 4 members (excludes halogenated alkanes) is 1. The van der Waals surface area contributed by atoms with Crippen LogP contribution < -0.4 is 5.32 Å². The summed E-state index contributed by atoms with van der Waals surface area (Å²) in [5, 5.41) is 2.67. The molecule has 1 heterocycles. The molecule has 0 aromatic carbocycles. The lowest BCUT2D eigenvalue weighted by molar-refractivity contribution is -0.127. The predicted octanol–water partition coefficient (Wildman–Crippen LogP) is 3.04. The Hall–Kier alpha value is -0.290. The highest BCUT2D eigenvalue weighted by molar-refractivity contribution is 4.83. The summed E-state index contributed by atoms with van der Waals surface area (Å²) >= 11 is 0. The molecule has 0 aliphatic carbocycles. The molecule has 2 nitrogen and oxygen atoms in total. The Bertz CT molecular complexity index is 231. The second-order valence-corrected chi connectivity index (χ2v) is 5.32. The molecule has 5 heteroatoms. The summed E-state index contributed by atoms with van der Waals surface area (Å²) in [7, 11) is 0. The van der Waals surface area contributed by atoms with E-state index in [0.717, 1.165) is 45.3 Å². The number of piperidine rings is 1. The van der Waals surface area contributed by atoms with E-state index in [1.54, 1.807) is 0 Å². The molecule has 108 valence electrons. The largest absolute Gasteiger partial charge is 0.401 e. The number of nitrogens with zero attached hydrogens (tertiary/aromatic N) is 1. The molecule has 0 bridgehead atoms. The first-order valence-corrected chi connectivity index (χ1v) is 6.97. The molecule has 2 unspecified atom stereocenters. The van der Waals surface area contributed by atoms with E-state index in [1.165, 1.54) is 0 Å². The van der Waals surface area contributed by atoms with E-state index in [4.69, 9.17) is 0 Å². The van der Waals surface area contributed by atoms with E-state index in [0.29, 0.717) is 5.92 Å². The third kappa shape index (κ3) is 6.05. The molecule has 0 aromatic heterocycles. The van der Waals surface area contributed by atoms with Crippen LogP contribution in [0.25, 0.3) is 0 Å². The molecule has 0 saturated carbocycles. The van der Waals surface area contributed by atoms with Crippen LogP contribution in [0.2, 0.25) is 0 Å². The second-order valence-electron chi connectivity index (χ2n) is 5.32. The van der Waals surface area contributed by atoms with Crippen molar-refractivity contribution in [1.29, 1.82) is 0 Å². The van der Waals surface area contributed by atoms with E-state index < -0.39 is 12.7 Å². The number of hydrogen-bond donors (Lipinski definition) is 1. The molecule has 1 aliphatic heterocycles. The van der Waals surface area contributed by atoms with E-state index in [9.17, 15) is 13.2 Å². The molecule has 1 saturated heterocycles. The molecule has 1 aliphatic rings. The van der Waals surface area contributed by atoms with Gasteiger partial charge in [0, 0.05) is 19.1 Å². The topological polar surface area (TPSA) is 15.3 Å². The predicted molar refractivity (Wildman–Crippen MR) is 67.6 cm³/mol. The fourth-order valence-electron chi connectivity index (χ4n) is 2.57. The highest BCUT2D eigenvalue weighted by atomic mass is 19.4. The average Bonchev–Trinajstić information content (AvgIpc) is 2.32. The Labute approximate surface area is 108 Å². The normalized spacial score (nSPS) is 26.5. The van der Waals surface area contributed by atoms with Crippen molar-refractivity contribution in [2.75, 3.05) is 26.2 Å². The third-order valence-corrected chi connectivity index (χ3v) is 3.61. The summed E-state index contributed by atoms with van der Waals surface area (Å²) in [5.74, 6) is 0.529. The molecular formula is C13H25F3N2. The zero-order chi connectivity index (χ0) is 13.6. The van der Waals surface area contributed by atoms with Gasteiger partial charge in [-0.25, -0.2) is 0 Å². The molecule has 0 radical (unpaired) electrons. The van der Waals surface area contributed by atoms with Crippen LogP contribution in [0, 0.1) is 5.92 Å². The molecular weight excluding hydrogens is 241 g/mol. The minimum Gasteiger partial charge on any atom is -0.305 e. The Morgan fingerprint density at radius 3 is 2.50 bits per heavy atom. The Morgan fingerprint density at radius 2 is 1.94 bits per heavy atom. The summed E-state index contributed by atoms with van der Waals surface area (Å²) in [6.45, 7) is 6.20. The molecule has 0 spiro atoms. The lowest BCUT2D eigenvalue weighted by atomic mass is 9.92. The molecule has 1 fully saturated rings. The molecule has 1 rings (SSSR count).